The molecule has 1 aliphatic heterocycles. The molecule has 1 heterocycles. The van der Waals surface area contributed by atoms with E-state index in [4.69, 9.17) is 0 Å². The SMILES string of the molecule is CC(C)(C)[C@@]1(O)CC(C(F)(F)C(F)(F)C(F)(F)F)=NN1C(=O)c1cccc(Br)c1. The van der Waals surface area contributed by atoms with E-state index in [-0.39, 0.29) is 10.6 Å². The Morgan fingerprint density at radius 3 is 2.14 bits per heavy atom. The first-order valence-electron chi connectivity index (χ1n) is 8.09. The molecule has 12 heteroatoms. The quantitative estimate of drug-likeness (QED) is 0.588. The number of alkyl halides is 7. The highest BCUT2D eigenvalue weighted by atomic mass is 79.9. The molecule has 1 atom stereocenters. The van der Waals surface area contributed by atoms with Gasteiger partial charge in [0.2, 0.25) is 0 Å². The standard InChI is InChI=1S/C17H16BrF7N2O2/c1-13(2,3)14(29)8-11(15(19,20)16(21,22)17(23,24)25)26-27(14)12(28)9-5-4-6-10(18)7-9/h4-7,29H,8H2,1-3H3/t14-/m0/s1. The van der Waals surface area contributed by atoms with Crippen LogP contribution < -0.4 is 0 Å². The average molecular weight is 493 g/mol. The second kappa shape index (κ2) is 6.93. The number of amides is 1. The molecule has 162 valence electrons. The Bertz CT molecular complexity index is 849. The fourth-order valence-electron chi connectivity index (χ4n) is 2.62. The number of carbonyl (C=O) groups excluding carboxylic acids is 1. The smallest absolute Gasteiger partial charge is 0.368 e. The largest absolute Gasteiger partial charge is 0.460 e. The van der Waals surface area contributed by atoms with Crippen molar-refractivity contribution in [1.29, 1.82) is 0 Å². The first-order valence-corrected chi connectivity index (χ1v) is 8.88. The van der Waals surface area contributed by atoms with Crippen molar-refractivity contribution in [2.75, 3.05) is 0 Å². The monoisotopic (exact) mass is 492 g/mol. The molecule has 0 saturated carbocycles. The van der Waals surface area contributed by atoms with Gasteiger partial charge in [-0.25, -0.2) is 0 Å². The topological polar surface area (TPSA) is 52.9 Å². The van der Waals surface area contributed by atoms with Gasteiger partial charge in [0.15, 0.2) is 5.72 Å². The summed E-state index contributed by atoms with van der Waals surface area (Å²) < 4.78 is 93.3. The minimum atomic E-state index is -6.57. The number of hydrogen-bond donors (Lipinski definition) is 1. The van der Waals surface area contributed by atoms with E-state index >= 15 is 0 Å². The molecule has 0 aromatic heterocycles. The second-order valence-corrected chi connectivity index (χ2v) is 8.48. The summed E-state index contributed by atoms with van der Waals surface area (Å²) >= 11 is 3.09. The van der Waals surface area contributed by atoms with E-state index in [2.05, 4.69) is 21.0 Å². The zero-order valence-electron chi connectivity index (χ0n) is 15.3. The molecular weight excluding hydrogens is 477 g/mol. The van der Waals surface area contributed by atoms with Crippen LogP contribution in [0.25, 0.3) is 0 Å². The van der Waals surface area contributed by atoms with E-state index in [1.54, 1.807) is 0 Å². The molecule has 1 aromatic rings. The molecule has 4 nitrogen and oxygen atoms in total. The summed E-state index contributed by atoms with van der Waals surface area (Å²) in [6.45, 7) is 3.89. The molecule has 0 radical (unpaired) electrons. The summed E-state index contributed by atoms with van der Waals surface area (Å²) in [5.41, 5.74) is -6.10. The van der Waals surface area contributed by atoms with Gasteiger partial charge in [0.1, 0.15) is 5.71 Å². The van der Waals surface area contributed by atoms with Gasteiger partial charge in [0.25, 0.3) is 5.91 Å². The maximum absolute atomic E-state index is 14.2. The van der Waals surface area contributed by atoms with Crippen LogP contribution in [-0.2, 0) is 0 Å². The van der Waals surface area contributed by atoms with Crippen LogP contribution in [0.3, 0.4) is 0 Å². The Morgan fingerprint density at radius 1 is 1.14 bits per heavy atom. The fourth-order valence-corrected chi connectivity index (χ4v) is 3.02. The summed E-state index contributed by atoms with van der Waals surface area (Å²) in [5, 5.41) is 14.1. The van der Waals surface area contributed by atoms with Crippen LogP contribution in [-0.4, -0.2) is 45.5 Å². The van der Waals surface area contributed by atoms with E-state index in [1.807, 2.05) is 0 Å². The molecule has 0 aliphatic carbocycles. The first kappa shape index (κ1) is 23.6. The molecule has 2 rings (SSSR count). The van der Waals surface area contributed by atoms with Gasteiger partial charge >= 0.3 is 18.0 Å². The maximum atomic E-state index is 14.2. The molecule has 1 aliphatic rings. The second-order valence-electron chi connectivity index (χ2n) is 7.56. The molecule has 0 saturated heterocycles. The van der Waals surface area contributed by atoms with Gasteiger partial charge in [0, 0.05) is 21.9 Å². The highest BCUT2D eigenvalue weighted by molar-refractivity contribution is 9.10. The number of carbonyl (C=O) groups is 1. The summed E-state index contributed by atoms with van der Waals surface area (Å²) in [4.78, 5) is 12.8. The summed E-state index contributed by atoms with van der Waals surface area (Å²) in [5.74, 6) is -13.4. The number of halogens is 8. The van der Waals surface area contributed by atoms with Crippen LogP contribution in [0.5, 0.6) is 0 Å². The molecule has 1 N–H and O–H groups in total. The highest BCUT2D eigenvalue weighted by Crippen LogP contribution is 2.51. The van der Waals surface area contributed by atoms with Crippen LogP contribution in [0.2, 0.25) is 0 Å². The Balaban J connectivity index is 2.61. The van der Waals surface area contributed by atoms with Crippen molar-refractivity contribution >= 4 is 27.5 Å². The zero-order chi connectivity index (χ0) is 22.6. The Labute approximate surface area is 169 Å². The van der Waals surface area contributed by atoms with Crippen molar-refractivity contribution in [2.24, 2.45) is 10.5 Å². The van der Waals surface area contributed by atoms with Crippen molar-refractivity contribution in [3.05, 3.63) is 34.3 Å². The molecule has 0 spiro atoms. The van der Waals surface area contributed by atoms with Gasteiger partial charge in [-0.2, -0.15) is 40.8 Å². The fraction of sp³-hybridized carbons (Fsp3) is 0.529. The predicted molar refractivity (Wildman–Crippen MR) is 92.7 cm³/mol. The number of benzene rings is 1. The van der Waals surface area contributed by atoms with Gasteiger partial charge in [-0.3, -0.25) is 4.79 Å². The lowest BCUT2D eigenvalue weighted by molar-refractivity contribution is -0.336. The molecule has 0 bridgehead atoms. The van der Waals surface area contributed by atoms with Gasteiger partial charge in [-0.05, 0) is 18.2 Å². The lowest BCUT2D eigenvalue weighted by atomic mass is 9.79. The number of hydrogen-bond acceptors (Lipinski definition) is 3. The van der Waals surface area contributed by atoms with E-state index in [0.717, 1.165) is 0 Å². The minimum Gasteiger partial charge on any atom is -0.368 e. The summed E-state index contributed by atoms with van der Waals surface area (Å²) in [6.07, 6.45) is -7.96. The van der Waals surface area contributed by atoms with Gasteiger partial charge < -0.3 is 5.11 Å². The summed E-state index contributed by atoms with van der Waals surface area (Å²) in [7, 11) is 0. The Morgan fingerprint density at radius 2 is 1.69 bits per heavy atom. The van der Waals surface area contributed by atoms with Crippen molar-refractivity contribution in [3.63, 3.8) is 0 Å². The van der Waals surface area contributed by atoms with Gasteiger partial charge in [-0.15, -0.1) is 0 Å². The third kappa shape index (κ3) is 3.76. The van der Waals surface area contributed by atoms with E-state index in [9.17, 15) is 40.6 Å². The van der Waals surface area contributed by atoms with E-state index in [1.165, 1.54) is 45.0 Å². The third-order valence-corrected chi connectivity index (χ3v) is 5.06. The number of aliphatic hydroxyl groups is 1. The third-order valence-electron chi connectivity index (χ3n) is 4.56. The molecule has 0 fully saturated rings. The summed E-state index contributed by atoms with van der Waals surface area (Å²) in [6, 6.07) is 5.43. The van der Waals surface area contributed by atoms with Crippen LogP contribution in [0.1, 0.15) is 37.6 Å². The van der Waals surface area contributed by atoms with Crippen LogP contribution in [0.15, 0.2) is 33.8 Å². The zero-order valence-corrected chi connectivity index (χ0v) is 16.9. The molecular formula is C17H16BrF7N2O2. The van der Waals surface area contributed by atoms with Crippen LogP contribution in [0, 0.1) is 5.41 Å². The van der Waals surface area contributed by atoms with Crippen LogP contribution >= 0.6 is 15.9 Å². The predicted octanol–water partition coefficient (Wildman–Crippen LogP) is 5.22. The Kier molecular flexibility index (Phi) is 5.64. The van der Waals surface area contributed by atoms with Crippen LogP contribution in [0.4, 0.5) is 30.7 Å². The number of hydrazone groups is 1. The van der Waals surface area contributed by atoms with Gasteiger partial charge in [-0.1, -0.05) is 42.8 Å². The average Bonchev–Trinajstić information content (AvgIpc) is 2.92. The minimum absolute atomic E-state index is 0.143. The lowest BCUT2D eigenvalue weighted by Gasteiger charge is -2.41. The Hall–Kier alpha value is -1.69. The molecule has 29 heavy (non-hydrogen) atoms. The molecule has 1 aromatic carbocycles. The van der Waals surface area contributed by atoms with Crippen molar-refractivity contribution in [2.45, 2.75) is 50.9 Å². The van der Waals surface area contributed by atoms with Crippen molar-refractivity contribution in [3.8, 4) is 0 Å². The lowest BCUT2D eigenvalue weighted by Crippen LogP contribution is -2.58. The number of rotatable bonds is 3. The maximum Gasteiger partial charge on any atom is 0.460 e. The van der Waals surface area contributed by atoms with Crippen molar-refractivity contribution < 1.29 is 40.6 Å². The number of nitrogens with zero attached hydrogens (tertiary/aromatic N) is 2. The van der Waals surface area contributed by atoms with Gasteiger partial charge in [0.05, 0.1) is 0 Å². The molecule has 1 amide bonds. The van der Waals surface area contributed by atoms with E-state index in [0.29, 0.717) is 4.47 Å². The van der Waals surface area contributed by atoms with E-state index < -0.39 is 47.2 Å². The highest BCUT2D eigenvalue weighted by Gasteiger charge is 2.76. The molecule has 0 unspecified atom stereocenters. The normalized spacial score (nSPS) is 21.4. The van der Waals surface area contributed by atoms with Crippen molar-refractivity contribution in [1.82, 2.24) is 5.01 Å². The first-order chi connectivity index (χ1) is 12.9.